The first kappa shape index (κ1) is 16.0. The molecule has 116 valence electrons. The van der Waals surface area contributed by atoms with Crippen LogP contribution in [0.4, 0.5) is 0 Å². The zero-order valence-electron chi connectivity index (χ0n) is 13.0. The third-order valence-corrected chi connectivity index (χ3v) is 4.13. The van der Waals surface area contributed by atoms with Gasteiger partial charge in [-0.3, -0.25) is 9.69 Å². The Morgan fingerprint density at radius 3 is 2.90 bits per heavy atom. The van der Waals surface area contributed by atoms with Crippen molar-refractivity contribution in [1.29, 1.82) is 0 Å². The van der Waals surface area contributed by atoms with Crippen molar-refractivity contribution in [2.75, 3.05) is 19.6 Å². The second-order valence-corrected chi connectivity index (χ2v) is 5.61. The van der Waals surface area contributed by atoms with Gasteiger partial charge in [-0.05, 0) is 38.4 Å². The summed E-state index contributed by atoms with van der Waals surface area (Å²) in [7, 11) is 0. The standard InChI is InChI=1S/C17H26N2O2/c1-3-19-11-7-10-16(19)12-18-17(20)14(2)21-13-15-8-5-4-6-9-15/h4-6,8-9,14,16H,3,7,10-13H2,1-2H3,(H,18,20). The molecule has 0 aromatic heterocycles. The topological polar surface area (TPSA) is 41.6 Å². The maximum atomic E-state index is 12.1. The highest BCUT2D eigenvalue weighted by molar-refractivity contribution is 5.80. The van der Waals surface area contributed by atoms with Crippen LogP contribution in [0.25, 0.3) is 0 Å². The van der Waals surface area contributed by atoms with Gasteiger partial charge in [-0.15, -0.1) is 0 Å². The van der Waals surface area contributed by atoms with Crippen LogP contribution in [0.3, 0.4) is 0 Å². The second kappa shape index (κ2) is 8.15. The largest absolute Gasteiger partial charge is 0.364 e. The van der Waals surface area contributed by atoms with Gasteiger partial charge in [-0.2, -0.15) is 0 Å². The second-order valence-electron chi connectivity index (χ2n) is 5.61. The highest BCUT2D eigenvalue weighted by atomic mass is 16.5. The average Bonchev–Trinajstić information content (AvgIpc) is 2.98. The Morgan fingerprint density at radius 1 is 1.43 bits per heavy atom. The fourth-order valence-electron chi connectivity index (χ4n) is 2.78. The number of carbonyl (C=O) groups excluding carboxylic acids is 1. The van der Waals surface area contributed by atoms with Crippen LogP contribution in [-0.4, -0.2) is 42.6 Å². The lowest BCUT2D eigenvalue weighted by Gasteiger charge is -2.23. The van der Waals surface area contributed by atoms with E-state index in [2.05, 4.69) is 17.1 Å². The van der Waals surface area contributed by atoms with E-state index >= 15 is 0 Å². The van der Waals surface area contributed by atoms with E-state index < -0.39 is 6.10 Å². The van der Waals surface area contributed by atoms with Crippen molar-refractivity contribution in [3.05, 3.63) is 35.9 Å². The molecule has 1 aromatic carbocycles. The summed E-state index contributed by atoms with van der Waals surface area (Å²) in [5.41, 5.74) is 1.09. The van der Waals surface area contributed by atoms with E-state index in [9.17, 15) is 4.79 Å². The number of benzene rings is 1. The molecule has 0 radical (unpaired) electrons. The summed E-state index contributed by atoms with van der Waals surface area (Å²) in [6.07, 6.45) is 1.99. The highest BCUT2D eigenvalue weighted by Crippen LogP contribution is 2.15. The Bertz CT molecular complexity index is 436. The minimum Gasteiger partial charge on any atom is -0.364 e. The lowest BCUT2D eigenvalue weighted by Crippen LogP contribution is -2.43. The predicted molar refractivity (Wildman–Crippen MR) is 84.0 cm³/mol. The first-order valence-corrected chi connectivity index (χ1v) is 7.88. The number of hydrogen-bond acceptors (Lipinski definition) is 3. The Hall–Kier alpha value is -1.39. The summed E-state index contributed by atoms with van der Waals surface area (Å²) in [6.45, 7) is 7.39. The molecule has 0 saturated carbocycles. The molecule has 0 spiro atoms. The van der Waals surface area contributed by atoms with Crippen LogP contribution in [0.2, 0.25) is 0 Å². The van der Waals surface area contributed by atoms with E-state index in [1.165, 1.54) is 12.8 Å². The van der Waals surface area contributed by atoms with Gasteiger partial charge in [-0.25, -0.2) is 0 Å². The molecule has 1 saturated heterocycles. The van der Waals surface area contributed by atoms with Crippen LogP contribution in [0.1, 0.15) is 32.3 Å². The summed E-state index contributed by atoms with van der Waals surface area (Å²) in [6, 6.07) is 10.4. The number of likely N-dealkylation sites (tertiary alicyclic amines) is 1. The highest BCUT2D eigenvalue weighted by Gasteiger charge is 2.24. The number of nitrogens with zero attached hydrogens (tertiary/aromatic N) is 1. The maximum absolute atomic E-state index is 12.1. The van der Waals surface area contributed by atoms with Crippen LogP contribution >= 0.6 is 0 Å². The van der Waals surface area contributed by atoms with Crippen LogP contribution in [0, 0.1) is 0 Å². The molecule has 1 aromatic rings. The molecule has 2 atom stereocenters. The smallest absolute Gasteiger partial charge is 0.248 e. The monoisotopic (exact) mass is 290 g/mol. The summed E-state index contributed by atoms with van der Waals surface area (Å²) >= 11 is 0. The molecule has 4 nitrogen and oxygen atoms in total. The van der Waals surface area contributed by atoms with Gasteiger partial charge in [0.25, 0.3) is 0 Å². The van der Waals surface area contributed by atoms with Crippen LogP contribution in [0.15, 0.2) is 30.3 Å². The predicted octanol–water partition coefficient (Wildman–Crippen LogP) is 2.19. The van der Waals surface area contributed by atoms with Crippen LogP contribution < -0.4 is 5.32 Å². The number of amides is 1. The fourth-order valence-corrected chi connectivity index (χ4v) is 2.78. The van der Waals surface area contributed by atoms with Crippen molar-refractivity contribution in [3.63, 3.8) is 0 Å². The van der Waals surface area contributed by atoms with Gasteiger partial charge in [0.05, 0.1) is 6.61 Å². The average molecular weight is 290 g/mol. The van der Waals surface area contributed by atoms with Gasteiger partial charge in [0, 0.05) is 12.6 Å². The van der Waals surface area contributed by atoms with Crippen molar-refractivity contribution in [2.24, 2.45) is 0 Å². The van der Waals surface area contributed by atoms with Crippen molar-refractivity contribution in [3.8, 4) is 0 Å². The normalized spacial score (nSPS) is 20.4. The Kier molecular flexibility index (Phi) is 6.21. The van der Waals surface area contributed by atoms with Gasteiger partial charge < -0.3 is 10.1 Å². The van der Waals surface area contributed by atoms with E-state index in [0.717, 1.165) is 25.2 Å². The van der Waals surface area contributed by atoms with Crippen molar-refractivity contribution in [2.45, 2.75) is 45.4 Å². The Balaban J connectivity index is 1.70. The number of ether oxygens (including phenoxy) is 1. The first-order valence-electron chi connectivity index (χ1n) is 7.88. The number of rotatable bonds is 7. The van der Waals surface area contributed by atoms with Gasteiger partial charge in [-0.1, -0.05) is 37.3 Å². The number of likely N-dealkylation sites (N-methyl/N-ethyl adjacent to an activating group) is 1. The molecule has 0 bridgehead atoms. The Labute approximate surface area is 127 Å². The van der Waals surface area contributed by atoms with Gasteiger partial charge in [0.2, 0.25) is 5.91 Å². The third-order valence-electron chi connectivity index (χ3n) is 4.13. The molecular weight excluding hydrogens is 264 g/mol. The zero-order chi connectivity index (χ0) is 15.1. The molecule has 2 unspecified atom stereocenters. The van der Waals surface area contributed by atoms with E-state index in [1.807, 2.05) is 37.3 Å². The van der Waals surface area contributed by atoms with Crippen molar-refractivity contribution < 1.29 is 9.53 Å². The number of carbonyl (C=O) groups is 1. The number of hydrogen-bond donors (Lipinski definition) is 1. The maximum Gasteiger partial charge on any atom is 0.248 e. The minimum absolute atomic E-state index is 0.0196. The lowest BCUT2D eigenvalue weighted by atomic mass is 10.2. The minimum atomic E-state index is -0.415. The fraction of sp³-hybridized carbons (Fsp3) is 0.588. The van der Waals surface area contributed by atoms with Crippen molar-refractivity contribution in [1.82, 2.24) is 10.2 Å². The SMILES string of the molecule is CCN1CCCC1CNC(=O)C(C)OCc1ccccc1. The van der Waals surface area contributed by atoms with E-state index in [0.29, 0.717) is 12.6 Å². The van der Waals surface area contributed by atoms with E-state index in [-0.39, 0.29) is 5.91 Å². The molecule has 1 amide bonds. The summed E-state index contributed by atoms with van der Waals surface area (Å²) in [4.78, 5) is 14.5. The van der Waals surface area contributed by atoms with E-state index in [4.69, 9.17) is 4.74 Å². The van der Waals surface area contributed by atoms with Gasteiger partial charge in [0.1, 0.15) is 6.10 Å². The van der Waals surface area contributed by atoms with Crippen molar-refractivity contribution >= 4 is 5.91 Å². The van der Waals surface area contributed by atoms with E-state index in [1.54, 1.807) is 0 Å². The number of nitrogens with one attached hydrogen (secondary N) is 1. The third kappa shape index (κ3) is 4.83. The molecule has 2 rings (SSSR count). The molecule has 1 N–H and O–H groups in total. The molecular formula is C17H26N2O2. The quantitative estimate of drug-likeness (QED) is 0.837. The lowest BCUT2D eigenvalue weighted by molar-refractivity contribution is -0.132. The zero-order valence-corrected chi connectivity index (χ0v) is 13.0. The first-order chi connectivity index (χ1) is 10.2. The molecule has 1 fully saturated rings. The van der Waals surface area contributed by atoms with Gasteiger partial charge in [0.15, 0.2) is 0 Å². The molecule has 21 heavy (non-hydrogen) atoms. The summed E-state index contributed by atoms with van der Waals surface area (Å²) in [5, 5.41) is 3.02. The van der Waals surface area contributed by atoms with Crippen LogP contribution in [-0.2, 0) is 16.1 Å². The molecule has 1 heterocycles. The summed E-state index contributed by atoms with van der Waals surface area (Å²) < 4.78 is 5.63. The molecule has 4 heteroatoms. The molecule has 1 aliphatic heterocycles. The van der Waals surface area contributed by atoms with Crippen LogP contribution in [0.5, 0.6) is 0 Å². The Morgan fingerprint density at radius 2 is 2.19 bits per heavy atom. The summed E-state index contributed by atoms with van der Waals surface area (Å²) in [5.74, 6) is -0.0196. The molecule has 1 aliphatic rings. The van der Waals surface area contributed by atoms with Gasteiger partial charge >= 0.3 is 0 Å². The molecule has 0 aliphatic carbocycles.